The maximum Gasteiger partial charge on any atom is 2.00 e. The Bertz CT molecular complexity index is 195. The Morgan fingerprint density at radius 2 is 1.93 bits per heavy atom. The van der Waals surface area contributed by atoms with Crippen LogP contribution in [0.25, 0.3) is 0 Å². The quantitative estimate of drug-likeness (QED) is 0.467. The van der Waals surface area contributed by atoms with Crippen molar-refractivity contribution in [1.82, 2.24) is 0 Å². The van der Waals surface area contributed by atoms with Crippen LogP contribution >= 0.6 is 15.9 Å². The molecule has 1 aromatic carbocycles. The van der Waals surface area contributed by atoms with Crippen LogP contribution in [0.1, 0.15) is 12.8 Å². The Hall–Kier alpha value is 0.906. The van der Waals surface area contributed by atoms with E-state index in [0.29, 0.717) is 0 Å². The minimum Gasteiger partial charge on any atom is -1.00 e. The summed E-state index contributed by atoms with van der Waals surface area (Å²) in [5.74, 6) is 0. The topological polar surface area (TPSA) is 9.23 Å². The molecule has 1 saturated heterocycles. The summed E-state index contributed by atoms with van der Waals surface area (Å²) < 4.78 is 6.02. The van der Waals surface area contributed by atoms with Gasteiger partial charge in [0.1, 0.15) is 0 Å². The van der Waals surface area contributed by atoms with Gasteiger partial charge in [0.05, 0.1) is 0 Å². The summed E-state index contributed by atoms with van der Waals surface area (Å²) in [6, 6.07) is 10.6. The number of halogens is 2. The fourth-order valence-corrected chi connectivity index (χ4v) is 1.17. The van der Waals surface area contributed by atoms with Crippen molar-refractivity contribution in [3.05, 3.63) is 34.8 Å². The zero-order chi connectivity index (χ0) is 8.65. The second-order valence-electron chi connectivity index (χ2n) is 2.54. The average molecular weight is 332 g/mol. The minimum absolute atomic E-state index is 0. The first kappa shape index (κ1) is 17.3. The van der Waals surface area contributed by atoms with Crippen LogP contribution in [-0.4, -0.2) is 36.3 Å². The molecule has 0 aromatic heterocycles. The predicted octanol–water partition coefficient (Wildman–Crippen LogP) is -0.331. The molecular formula is C10H12Br2MgO. The molecule has 1 aliphatic heterocycles. The van der Waals surface area contributed by atoms with Gasteiger partial charge in [0.15, 0.2) is 0 Å². The molecule has 1 fully saturated rings. The number of hydrogen-bond acceptors (Lipinski definition) is 1. The molecule has 0 aliphatic carbocycles. The zero-order valence-electron chi connectivity index (χ0n) is 8.01. The van der Waals surface area contributed by atoms with Crippen molar-refractivity contribution in [2.75, 3.05) is 13.2 Å². The van der Waals surface area contributed by atoms with Crippen LogP contribution in [0, 0.1) is 6.07 Å². The van der Waals surface area contributed by atoms with Crippen molar-refractivity contribution in [3.63, 3.8) is 0 Å². The van der Waals surface area contributed by atoms with E-state index in [4.69, 9.17) is 4.74 Å². The van der Waals surface area contributed by atoms with Crippen LogP contribution < -0.4 is 17.0 Å². The number of benzene rings is 1. The summed E-state index contributed by atoms with van der Waals surface area (Å²) in [5.41, 5.74) is 0. The molecule has 74 valence electrons. The van der Waals surface area contributed by atoms with E-state index >= 15 is 0 Å². The third kappa shape index (κ3) is 9.46. The van der Waals surface area contributed by atoms with Crippen molar-refractivity contribution >= 4 is 39.0 Å². The molecule has 0 amide bonds. The van der Waals surface area contributed by atoms with E-state index in [1.54, 1.807) is 0 Å². The van der Waals surface area contributed by atoms with Gasteiger partial charge in [-0.1, -0.05) is 4.47 Å². The Morgan fingerprint density at radius 1 is 1.29 bits per heavy atom. The molecule has 0 saturated carbocycles. The van der Waals surface area contributed by atoms with Gasteiger partial charge in [0.2, 0.25) is 0 Å². The molecule has 0 N–H and O–H groups in total. The fraction of sp³-hybridized carbons (Fsp3) is 0.400. The average Bonchev–Trinajstić information content (AvgIpc) is 2.62. The van der Waals surface area contributed by atoms with E-state index in [1.165, 1.54) is 12.8 Å². The largest absolute Gasteiger partial charge is 2.00 e. The van der Waals surface area contributed by atoms with Crippen LogP contribution in [0.15, 0.2) is 28.7 Å². The molecule has 1 aromatic rings. The molecule has 0 radical (unpaired) electrons. The summed E-state index contributed by atoms with van der Waals surface area (Å²) >= 11 is 3.28. The Labute approximate surface area is 121 Å². The Balaban J connectivity index is 0. The van der Waals surface area contributed by atoms with Crippen molar-refractivity contribution < 1.29 is 21.7 Å². The van der Waals surface area contributed by atoms with Crippen LogP contribution in [0.3, 0.4) is 0 Å². The third-order valence-electron chi connectivity index (χ3n) is 1.50. The van der Waals surface area contributed by atoms with E-state index in [2.05, 4.69) is 22.0 Å². The van der Waals surface area contributed by atoms with Crippen molar-refractivity contribution in [2.24, 2.45) is 0 Å². The molecule has 2 rings (SSSR count). The van der Waals surface area contributed by atoms with Gasteiger partial charge in [0, 0.05) is 13.2 Å². The Kier molecular flexibility index (Phi) is 14.8. The number of hydrogen-bond donors (Lipinski definition) is 0. The van der Waals surface area contributed by atoms with E-state index in [-0.39, 0.29) is 40.0 Å². The van der Waals surface area contributed by atoms with Gasteiger partial charge in [-0.05, 0) is 12.8 Å². The summed E-state index contributed by atoms with van der Waals surface area (Å²) in [6.45, 7) is 2.00. The summed E-state index contributed by atoms with van der Waals surface area (Å²) in [6.07, 6.45) is 2.56. The molecular weight excluding hydrogens is 320 g/mol. The summed E-state index contributed by atoms with van der Waals surface area (Å²) in [4.78, 5) is 0. The second-order valence-corrected chi connectivity index (χ2v) is 3.46. The van der Waals surface area contributed by atoms with Gasteiger partial charge in [-0.3, -0.25) is 0 Å². The SMILES string of the molecule is Brc1c[c-]ccc1.C1CCOC1.[Br-].[Mg+2]. The first-order valence-corrected chi connectivity index (χ1v) is 4.88. The van der Waals surface area contributed by atoms with Gasteiger partial charge < -0.3 is 21.7 Å². The van der Waals surface area contributed by atoms with E-state index in [1.807, 2.05) is 24.3 Å². The molecule has 1 aliphatic rings. The van der Waals surface area contributed by atoms with E-state index in [0.717, 1.165) is 17.7 Å². The zero-order valence-corrected chi connectivity index (χ0v) is 12.6. The van der Waals surface area contributed by atoms with Gasteiger partial charge in [-0.25, -0.2) is 0 Å². The molecule has 14 heavy (non-hydrogen) atoms. The van der Waals surface area contributed by atoms with Gasteiger partial charge >= 0.3 is 23.1 Å². The molecule has 0 atom stereocenters. The maximum absolute atomic E-state index is 4.94. The van der Waals surface area contributed by atoms with E-state index < -0.39 is 0 Å². The third-order valence-corrected chi connectivity index (χ3v) is 1.99. The van der Waals surface area contributed by atoms with Crippen LogP contribution in [0.2, 0.25) is 0 Å². The predicted molar refractivity (Wildman–Crippen MR) is 58.8 cm³/mol. The monoisotopic (exact) mass is 330 g/mol. The molecule has 1 nitrogen and oxygen atoms in total. The second kappa shape index (κ2) is 12.0. The normalized spacial score (nSPS) is 12.9. The molecule has 0 unspecified atom stereocenters. The first-order chi connectivity index (χ1) is 5.89. The van der Waals surface area contributed by atoms with Crippen LogP contribution in [0.5, 0.6) is 0 Å². The summed E-state index contributed by atoms with van der Waals surface area (Å²) in [5, 5.41) is 0. The Morgan fingerprint density at radius 3 is 2.14 bits per heavy atom. The number of rotatable bonds is 0. The smallest absolute Gasteiger partial charge is 1.00 e. The maximum atomic E-state index is 4.94. The first-order valence-electron chi connectivity index (χ1n) is 4.09. The van der Waals surface area contributed by atoms with E-state index in [9.17, 15) is 0 Å². The standard InChI is InChI=1S/C6H4Br.C4H8O.BrH.Mg/c7-6-4-2-1-3-5-6;1-2-4-5-3-1;;/h1-2,4-5H;1-4H2;1H;/q-1;;;+2/p-1. The van der Waals surface area contributed by atoms with Crippen molar-refractivity contribution in [3.8, 4) is 0 Å². The summed E-state index contributed by atoms with van der Waals surface area (Å²) in [7, 11) is 0. The minimum atomic E-state index is 0. The van der Waals surface area contributed by atoms with Gasteiger partial charge in [-0.2, -0.15) is 30.3 Å². The van der Waals surface area contributed by atoms with Crippen molar-refractivity contribution in [1.29, 1.82) is 0 Å². The molecule has 0 spiro atoms. The fourth-order valence-electron chi connectivity index (χ4n) is 0.882. The van der Waals surface area contributed by atoms with Crippen LogP contribution in [-0.2, 0) is 4.74 Å². The number of ether oxygens (including phenoxy) is 1. The molecule has 4 heteroatoms. The molecule has 1 heterocycles. The van der Waals surface area contributed by atoms with Crippen molar-refractivity contribution in [2.45, 2.75) is 12.8 Å². The van der Waals surface area contributed by atoms with Gasteiger partial charge in [-0.15, -0.1) is 15.9 Å². The van der Waals surface area contributed by atoms with Gasteiger partial charge in [0.25, 0.3) is 0 Å². The van der Waals surface area contributed by atoms with Crippen LogP contribution in [0.4, 0.5) is 0 Å². The molecule has 0 bridgehead atoms.